The highest BCUT2D eigenvalue weighted by molar-refractivity contribution is 5.75. The van der Waals surface area contributed by atoms with E-state index in [1.165, 1.54) is 6.42 Å². The first-order chi connectivity index (χ1) is 9.11. The molecule has 2 atom stereocenters. The van der Waals surface area contributed by atoms with E-state index in [2.05, 4.69) is 15.5 Å². The van der Waals surface area contributed by atoms with Crippen molar-refractivity contribution in [3.8, 4) is 0 Å². The summed E-state index contributed by atoms with van der Waals surface area (Å²) in [6.07, 6.45) is 5.70. The van der Waals surface area contributed by atoms with Gasteiger partial charge in [0.15, 0.2) is 0 Å². The molecule has 0 aliphatic heterocycles. The first kappa shape index (κ1) is 13.8. The van der Waals surface area contributed by atoms with E-state index in [1.807, 2.05) is 6.92 Å². The van der Waals surface area contributed by atoms with E-state index in [0.717, 1.165) is 31.5 Å². The Bertz CT molecular complexity index is 491. The number of rotatable bonds is 4. The van der Waals surface area contributed by atoms with Gasteiger partial charge < -0.3 is 5.32 Å². The molecule has 1 aromatic heterocycles. The highest BCUT2D eigenvalue weighted by atomic mass is 16.2. The number of amides is 1. The van der Waals surface area contributed by atoms with Gasteiger partial charge >= 0.3 is 5.69 Å². The van der Waals surface area contributed by atoms with Crippen molar-refractivity contribution in [3.63, 3.8) is 0 Å². The number of hydrogen-bond donors (Lipinski definition) is 2. The van der Waals surface area contributed by atoms with E-state index in [1.54, 1.807) is 11.6 Å². The number of aromatic amines is 1. The second-order valence-corrected chi connectivity index (χ2v) is 5.28. The van der Waals surface area contributed by atoms with Crippen molar-refractivity contribution < 1.29 is 4.79 Å². The fourth-order valence-corrected chi connectivity index (χ4v) is 2.75. The van der Waals surface area contributed by atoms with Crippen molar-refractivity contribution in [1.82, 2.24) is 20.1 Å². The maximum Gasteiger partial charge on any atom is 0.343 e. The average molecular weight is 266 g/mol. The number of H-pyrrole nitrogens is 1. The number of nitrogens with zero attached hydrogens (tertiary/aromatic N) is 2. The zero-order chi connectivity index (χ0) is 13.8. The predicted molar refractivity (Wildman–Crippen MR) is 71.7 cm³/mol. The van der Waals surface area contributed by atoms with Gasteiger partial charge in [-0.1, -0.05) is 19.8 Å². The van der Waals surface area contributed by atoms with Crippen LogP contribution in [0.3, 0.4) is 0 Å². The predicted octanol–water partition coefficient (Wildman–Crippen LogP) is 0.736. The SMILES string of the molecule is CCC(=O)N[C@@H]1CCCC[C@@H]1Cc1n[nH]c(=O)n1C. The number of hydrogen-bond acceptors (Lipinski definition) is 3. The molecule has 6 heteroatoms. The molecule has 0 saturated heterocycles. The molecule has 1 fully saturated rings. The number of carbonyl (C=O) groups excluding carboxylic acids is 1. The topological polar surface area (TPSA) is 79.8 Å². The van der Waals surface area contributed by atoms with Crippen LogP contribution >= 0.6 is 0 Å². The number of aromatic nitrogens is 3. The summed E-state index contributed by atoms with van der Waals surface area (Å²) in [7, 11) is 1.73. The second-order valence-electron chi connectivity index (χ2n) is 5.28. The molecular weight excluding hydrogens is 244 g/mol. The second kappa shape index (κ2) is 6.04. The molecule has 19 heavy (non-hydrogen) atoms. The van der Waals surface area contributed by atoms with Crippen LogP contribution in [0.25, 0.3) is 0 Å². The van der Waals surface area contributed by atoms with Crippen LogP contribution in [0.1, 0.15) is 44.9 Å². The van der Waals surface area contributed by atoms with Crippen molar-refractivity contribution in [2.45, 2.75) is 51.5 Å². The highest BCUT2D eigenvalue weighted by Gasteiger charge is 2.27. The summed E-state index contributed by atoms with van der Waals surface area (Å²) < 4.78 is 1.55. The van der Waals surface area contributed by atoms with Gasteiger partial charge in [-0.05, 0) is 18.8 Å². The van der Waals surface area contributed by atoms with Crippen molar-refractivity contribution in [2.24, 2.45) is 13.0 Å². The lowest BCUT2D eigenvalue weighted by molar-refractivity contribution is -0.122. The van der Waals surface area contributed by atoms with Gasteiger partial charge in [-0.3, -0.25) is 9.36 Å². The van der Waals surface area contributed by atoms with E-state index >= 15 is 0 Å². The largest absolute Gasteiger partial charge is 0.353 e. The van der Waals surface area contributed by atoms with E-state index in [9.17, 15) is 9.59 Å². The van der Waals surface area contributed by atoms with Crippen LogP contribution in [-0.2, 0) is 18.3 Å². The van der Waals surface area contributed by atoms with Crippen molar-refractivity contribution in [2.75, 3.05) is 0 Å². The van der Waals surface area contributed by atoms with Gasteiger partial charge in [-0.15, -0.1) is 0 Å². The third-order valence-corrected chi connectivity index (χ3v) is 3.99. The maximum absolute atomic E-state index is 11.6. The van der Waals surface area contributed by atoms with Gasteiger partial charge in [0.2, 0.25) is 5.91 Å². The summed E-state index contributed by atoms with van der Waals surface area (Å²) in [6, 6.07) is 0.216. The van der Waals surface area contributed by atoms with Gasteiger partial charge in [0.05, 0.1) is 0 Å². The smallest absolute Gasteiger partial charge is 0.343 e. The molecule has 1 heterocycles. The Morgan fingerprint density at radius 1 is 1.47 bits per heavy atom. The van der Waals surface area contributed by atoms with Gasteiger partial charge in [0, 0.05) is 25.9 Å². The zero-order valence-electron chi connectivity index (χ0n) is 11.6. The first-order valence-electron chi connectivity index (χ1n) is 7.01. The summed E-state index contributed by atoms with van der Waals surface area (Å²) in [5.41, 5.74) is -0.181. The minimum Gasteiger partial charge on any atom is -0.353 e. The highest BCUT2D eigenvalue weighted by Crippen LogP contribution is 2.26. The summed E-state index contributed by atoms with van der Waals surface area (Å²) >= 11 is 0. The molecule has 106 valence electrons. The molecule has 0 radical (unpaired) electrons. The van der Waals surface area contributed by atoms with E-state index in [-0.39, 0.29) is 17.6 Å². The van der Waals surface area contributed by atoms with Crippen molar-refractivity contribution >= 4 is 5.91 Å². The van der Waals surface area contributed by atoms with Crippen LogP contribution in [0.4, 0.5) is 0 Å². The van der Waals surface area contributed by atoms with Gasteiger partial charge in [-0.2, -0.15) is 5.10 Å². The fourth-order valence-electron chi connectivity index (χ4n) is 2.75. The molecule has 1 aliphatic rings. The molecule has 0 unspecified atom stereocenters. The minimum absolute atomic E-state index is 0.104. The molecule has 1 saturated carbocycles. The summed E-state index contributed by atoms with van der Waals surface area (Å²) in [6.45, 7) is 1.87. The lowest BCUT2D eigenvalue weighted by Gasteiger charge is -2.31. The van der Waals surface area contributed by atoms with Crippen LogP contribution in [0.15, 0.2) is 4.79 Å². The number of carbonyl (C=O) groups is 1. The summed E-state index contributed by atoms with van der Waals surface area (Å²) in [5.74, 6) is 1.25. The molecule has 2 rings (SSSR count). The Balaban J connectivity index is 2.05. The van der Waals surface area contributed by atoms with Gasteiger partial charge in [-0.25, -0.2) is 9.89 Å². The maximum atomic E-state index is 11.6. The molecule has 0 bridgehead atoms. The van der Waals surface area contributed by atoms with Crippen LogP contribution in [0.5, 0.6) is 0 Å². The van der Waals surface area contributed by atoms with Crippen LogP contribution in [0, 0.1) is 5.92 Å². The van der Waals surface area contributed by atoms with E-state index in [4.69, 9.17) is 0 Å². The Morgan fingerprint density at radius 3 is 2.84 bits per heavy atom. The molecule has 6 nitrogen and oxygen atoms in total. The van der Waals surface area contributed by atoms with Crippen LogP contribution < -0.4 is 11.0 Å². The molecule has 0 aromatic carbocycles. The first-order valence-corrected chi connectivity index (χ1v) is 7.01. The third kappa shape index (κ3) is 3.24. The van der Waals surface area contributed by atoms with Crippen LogP contribution in [0.2, 0.25) is 0 Å². The van der Waals surface area contributed by atoms with Gasteiger partial charge in [0.25, 0.3) is 0 Å². The molecule has 1 aromatic rings. The number of nitrogens with one attached hydrogen (secondary N) is 2. The van der Waals surface area contributed by atoms with Crippen LogP contribution in [-0.4, -0.2) is 26.7 Å². The summed E-state index contributed by atoms with van der Waals surface area (Å²) in [4.78, 5) is 22.9. The molecular formula is C13H22N4O2. The molecule has 1 aliphatic carbocycles. The minimum atomic E-state index is -0.181. The standard InChI is InChI=1S/C13H22N4O2/c1-3-12(18)14-10-7-5-4-6-9(10)8-11-15-16-13(19)17(11)2/h9-10H,3-8H2,1-2H3,(H,14,18)(H,16,19)/t9-,10-/m1/s1. The van der Waals surface area contributed by atoms with Gasteiger partial charge in [0.1, 0.15) is 5.82 Å². The van der Waals surface area contributed by atoms with E-state index < -0.39 is 0 Å². The Kier molecular flexibility index (Phi) is 4.39. The molecule has 2 N–H and O–H groups in total. The van der Waals surface area contributed by atoms with Crippen molar-refractivity contribution in [3.05, 3.63) is 16.3 Å². The quantitative estimate of drug-likeness (QED) is 0.843. The monoisotopic (exact) mass is 266 g/mol. The molecule has 0 spiro atoms. The normalized spacial score (nSPS) is 23.3. The zero-order valence-corrected chi connectivity index (χ0v) is 11.6. The Labute approximate surface area is 112 Å². The lowest BCUT2D eigenvalue weighted by atomic mass is 9.82. The fraction of sp³-hybridized carbons (Fsp3) is 0.769. The lowest BCUT2D eigenvalue weighted by Crippen LogP contribution is -2.43. The third-order valence-electron chi connectivity index (χ3n) is 3.99. The average Bonchev–Trinajstić information content (AvgIpc) is 2.73. The molecule has 1 amide bonds. The summed E-state index contributed by atoms with van der Waals surface area (Å²) in [5, 5.41) is 9.62. The van der Waals surface area contributed by atoms with Crippen molar-refractivity contribution in [1.29, 1.82) is 0 Å². The van der Waals surface area contributed by atoms with E-state index in [0.29, 0.717) is 12.3 Å². The Morgan fingerprint density at radius 2 is 2.21 bits per heavy atom. The Hall–Kier alpha value is -1.59.